The van der Waals surface area contributed by atoms with Crippen LogP contribution in [0.1, 0.15) is 30.3 Å². The van der Waals surface area contributed by atoms with Gasteiger partial charge in [0.25, 0.3) is 0 Å². The van der Waals surface area contributed by atoms with Gasteiger partial charge in [0.2, 0.25) is 0 Å². The van der Waals surface area contributed by atoms with Crippen molar-refractivity contribution in [3.05, 3.63) is 32.9 Å². The molecular weight excluding hydrogens is 334 g/mol. The van der Waals surface area contributed by atoms with Crippen LogP contribution in [0.5, 0.6) is 0 Å². The minimum Gasteiger partial charge on any atom is -0.317 e. The van der Waals surface area contributed by atoms with Crippen LogP contribution in [0.15, 0.2) is 15.9 Å². The third kappa shape index (κ3) is 3.87. The van der Waals surface area contributed by atoms with Crippen molar-refractivity contribution < 1.29 is 0 Å². The summed E-state index contributed by atoms with van der Waals surface area (Å²) in [6.07, 6.45) is 2.17. The number of nitrogens with one attached hydrogen (secondary N) is 1. The quantitative estimate of drug-likeness (QED) is 0.793. The molecule has 2 aromatic rings. The molecule has 0 saturated heterocycles. The lowest BCUT2D eigenvalue weighted by molar-refractivity contribution is 0.667. The number of thiophene rings is 1. The van der Waals surface area contributed by atoms with Gasteiger partial charge in [-0.3, -0.25) is 0 Å². The van der Waals surface area contributed by atoms with Crippen molar-refractivity contribution >= 4 is 27.3 Å². The fraction of sp³-hybridized carbons (Fsp3) is 0.467. The zero-order valence-electron chi connectivity index (χ0n) is 12.2. The zero-order valence-corrected chi connectivity index (χ0v) is 14.6. The first kappa shape index (κ1) is 15.6. The lowest BCUT2D eigenvalue weighted by atomic mass is 10.1. The third-order valence-electron chi connectivity index (χ3n) is 3.24. The van der Waals surface area contributed by atoms with Crippen LogP contribution in [0.2, 0.25) is 0 Å². The van der Waals surface area contributed by atoms with Crippen LogP contribution in [0.3, 0.4) is 0 Å². The second-order valence-corrected chi connectivity index (χ2v) is 6.61. The highest BCUT2D eigenvalue weighted by Crippen LogP contribution is 2.28. The summed E-state index contributed by atoms with van der Waals surface area (Å²) in [5.74, 6) is 0.839. The summed E-state index contributed by atoms with van der Waals surface area (Å²) in [6.45, 7) is 8.38. The highest BCUT2D eigenvalue weighted by atomic mass is 79.9. The smallest absolute Gasteiger partial charge is 0.169 e. The minimum absolute atomic E-state index is 0.839. The summed E-state index contributed by atoms with van der Waals surface area (Å²) in [4.78, 5) is 10.5. The van der Waals surface area contributed by atoms with Gasteiger partial charge in [-0.25, -0.2) is 9.97 Å². The van der Waals surface area contributed by atoms with Gasteiger partial charge in [0.15, 0.2) is 5.82 Å². The number of rotatable bonds is 6. The Kier molecular flexibility index (Phi) is 5.69. The fourth-order valence-corrected chi connectivity index (χ4v) is 3.57. The van der Waals surface area contributed by atoms with Crippen LogP contribution < -0.4 is 5.32 Å². The summed E-state index contributed by atoms with van der Waals surface area (Å²) in [5, 5.41) is 5.42. The van der Waals surface area contributed by atoms with Gasteiger partial charge in [-0.2, -0.15) is 0 Å². The maximum Gasteiger partial charge on any atom is 0.169 e. The molecule has 0 aliphatic rings. The largest absolute Gasteiger partial charge is 0.317 e. The van der Waals surface area contributed by atoms with Crippen LogP contribution in [0.4, 0.5) is 0 Å². The summed E-state index contributed by atoms with van der Waals surface area (Å²) in [7, 11) is 0. The Hall–Kier alpha value is -0.780. The van der Waals surface area contributed by atoms with Crippen molar-refractivity contribution in [2.24, 2.45) is 0 Å². The predicted molar refractivity (Wildman–Crippen MR) is 89.4 cm³/mol. The summed E-state index contributed by atoms with van der Waals surface area (Å²) in [6, 6.07) is 2.07. The lowest BCUT2D eigenvalue weighted by Crippen LogP contribution is -2.15. The second-order valence-electron chi connectivity index (χ2n) is 4.78. The molecule has 2 aromatic heterocycles. The van der Waals surface area contributed by atoms with Gasteiger partial charge in [0.1, 0.15) is 0 Å². The van der Waals surface area contributed by atoms with E-state index < -0.39 is 0 Å². The van der Waals surface area contributed by atoms with Gasteiger partial charge >= 0.3 is 0 Å². The number of hydrogen-bond acceptors (Lipinski definition) is 4. The fourth-order valence-electron chi connectivity index (χ4n) is 2.21. The Balaban J connectivity index is 2.16. The zero-order chi connectivity index (χ0) is 14.5. The molecule has 0 radical (unpaired) electrons. The van der Waals surface area contributed by atoms with Crippen LogP contribution >= 0.6 is 27.3 Å². The molecular formula is C15H20BrN3S. The van der Waals surface area contributed by atoms with E-state index in [-0.39, 0.29) is 0 Å². The number of nitrogens with zero attached hydrogens (tertiary/aromatic N) is 2. The molecule has 0 amide bonds. The van der Waals surface area contributed by atoms with Gasteiger partial charge in [0.05, 0.1) is 4.88 Å². The molecule has 20 heavy (non-hydrogen) atoms. The van der Waals surface area contributed by atoms with Crippen molar-refractivity contribution in [1.29, 1.82) is 0 Å². The Labute approximate surface area is 133 Å². The SMILES string of the molecule is CCNCCCc1c(C)nc(-c2cc(Br)cs2)nc1C. The maximum absolute atomic E-state index is 4.67. The van der Waals surface area contributed by atoms with Gasteiger partial charge in [0, 0.05) is 21.2 Å². The average Bonchev–Trinajstić information content (AvgIpc) is 2.83. The van der Waals surface area contributed by atoms with Crippen LogP contribution in [0, 0.1) is 13.8 Å². The van der Waals surface area contributed by atoms with Crippen molar-refractivity contribution in [2.75, 3.05) is 13.1 Å². The van der Waals surface area contributed by atoms with Gasteiger partial charge < -0.3 is 5.32 Å². The molecule has 0 aliphatic heterocycles. The van der Waals surface area contributed by atoms with Gasteiger partial charge in [-0.15, -0.1) is 11.3 Å². The van der Waals surface area contributed by atoms with Crippen LogP contribution in [0.25, 0.3) is 10.7 Å². The first-order valence-corrected chi connectivity index (χ1v) is 8.58. The molecule has 0 aromatic carbocycles. The second kappa shape index (κ2) is 7.29. The lowest BCUT2D eigenvalue weighted by Gasteiger charge is -2.10. The van der Waals surface area contributed by atoms with Crippen LogP contribution in [-0.2, 0) is 6.42 Å². The molecule has 0 bridgehead atoms. The van der Waals surface area contributed by atoms with Crippen molar-refractivity contribution in [3.8, 4) is 10.7 Å². The van der Waals surface area contributed by atoms with E-state index >= 15 is 0 Å². The van der Waals surface area contributed by atoms with E-state index in [2.05, 4.69) is 63.4 Å². The predicted octanol–water partition coefficient (Wildman–Crippen LogP) is 4.13. The average molecular weight is 354 g/mol. The molecule has 5 heteroatoms. The highest BCUT2D eigenvalue weighted by molar-refractivity contribution is 9.10. The summed E-state index contributed by atoms with van der Waals surface area (Å²) in [5.41, 5.74) is 3.50. The standard InChI is InChI=1S/C15H20BrN3S/c1-4-17-7-5-6-13-10(2)18-15(19-11(13)3)14-8-12(16)9-20-14/h8-9,17H,4-7H2,1-3H3. The van der Waals surface area contributed by atoms with Crippen molar-refractivity contribution in [1.82, 2.24) is 15.3 Å². The molecule has 2 heterocycles. The molecule has 0 saturated carbocycles. The monoisotopic (exact) mass is 353 g/mol. The molecule has 0 unspecified atom stereocenters. The van der Waals surface area contributed by atoms with Crippen molar-refractivity contribution in [3.63, 3.8) is 0 Å². The Bertz CT molecular complexity index is 557. The summed E-state index contributed by atoms with van der Waals surface area (Å²) < 4.78 is 1.09. The van der Waals surface area contributed by atoms with E-state index in [0.29, 0.717) is 0 Å². The highest BCUT2D eigenvalue weighted by Gasteiger charge is 2.11. The molecule has 0 spiro atoms. The molecule has 0 aliphatic carbocycles. The number of hydrogen-bond donors (Lipinski definition) is 1. The Morgan fingerprint density at radius 1 is 1.25 bits per heavy atom. The molecule has 3 nitrogen and oxygen atoms in total. The molecule has 1 N–H and O–H groups in total. The molecule has 108 valence electrons. The van der Waals surface area contributed by atoms with E-state index in [4.69, 9.17) is 0 Å². The minimum atomic E-state index is 0.839. The van der Waals surface area contributed by atoms with Gasteiger partial charge in [-0.05, 0) is 67.3 Å². The topological polar surface area (TPSA) is 37.8 Å². The Morgan fingerprint density at radius 3 is 2.50 bits per heavy atom. The normalized spacial score (nSPS) is 11.0. The van der Waals surface area contributed by atoms with E-state index in [9.17, 15) is 0 Å². The van der Waals surface area contributed by atoms with Gasteiger partial charge in [-0.1, -0.05) is 6.92 Å². The maximum atomic E-state index is 4.67. The number of halogens is 1. The first-order valence-electron chi connectivity index (χ1n) is 6.91. The number of aromatic nitrogens is 2. The first-order chi connectivity index (χ1) is 9.61. The summed E-state index contributed by atoms with van der Waals surface area (Å²) >= 11 is 5.15. The van der Waals surface area contributed by atoms with Crippen LogP contribution in [-0.4, -0.2) is 23.1 Å². The van der Waals surface area contributed by atoms with E-state index in [0.717, 1.165) is 52.5 Å². The number of aryl methyl sites for hydroxylation is 2. The molecule has 0 fully saturated rings. The van der Waals surface area contributed by atoms with E-state index in [1.165, 1.54) is 5.56 Å². The Morgan fingerprint density at radius 2 is 1.95 bits per heavy atom. The van der Waals surface area contributed by atoms with E-state index in [1.807, 2.05) is 0 Å². The van der Waals surface area contributed by atoms with E-state index in [1.54, 1.807) is 11.3 Å². The molecule has 0 atom stereocenters. The third-order valence-corrected chi connectivity index (χ3v) is 4.93. The molecule has 2 rings (SSSR count). The van der Waals surface area contributed by atoms with Crippen molar-refractivity contribution in [2.45, 2.75) is 33.6 Å².